The van der Waals surface area contributed by atoms with E-state index in [2.05, 4.69) is 0 Å². The summed E-state index contributed by atoms with van der Waals surface area (Å²) in [6.07, 6.45) is 0. The fourth-order valence-electron chi connectivity index (χ4n) is 2.51. The van der Waals surface area contributed by atoms with Gasteiger partial charge in [0.15, 0.2) is 0 Å². The van der Waals surface area contributed by atoms with Gasteiger partial charge in [-0.05, 0) is 0 Å². The van der Waals surface area contributed by atoms with E-state index < -0.39 is 73.5 Å². The molecule has 0 heterocycles. The predicted octanol–water partition coefficient (Wildman–Crippen LogP) is 3.50. The van der Waals surface area contributed by atoms with Gasteiger partial charge in [-0.2, -0.15) is 0 Å². The van der Waals surface area contributed by atoms with E-state index in [0.29, 0.717) is 16.9 Å². The zero-order valence-electron chi connectivity index (χ0n) is 10.2. The molecule has 0 aliphatic heterocycles. The molecule has 22 heavy (non-hydrogen) atoms. The van der Waals surface area contributed by atoms with Crippen LogP contribution < -0.4 is 0 Å². The average molecular weight is 386 g/mol. The van der Waals surface area contributed by atoms with Crippen molar-refractivity contribution in [2.24, 2.45) is 0 Å². The van der Waals surface area contributed by atoms with E-state index >= 15 is 0 Å². The van der Waals surface area contributed by atoms with E-state index in [1.54, 1.807) is 0 Å². The van der Waals surface area contributed by atoms with Crippen molar-refractivity contribution in [3.8, 4) is 11.1 Å². The number of benzene rings is 2. The molecule has 1 aliphatic rings. The first-order valence-electron chi connectivity index (χ1n) is 5.67. The number of hydrogen-bond acceptors (Lipinski definition) is 0. The quantitative estimate of drug-likeness (QED) is 0.282. The van der Waals surface area contributed by atoms with Gasteiger partial charge in [-0.3, -0.25) is 0 Å². The number of fused-ring (bicyclic) bond motifs is 3. The van der Waals surface area contributed by atoms with Gasteiger partial charge in [-0.1, -0.05) is 0 Å². The van der Waals surface area contributed by atoms with Crippen LogP contribution >= 0.6 is 0 Å². The van der Waals surface area contributed by atoms with Crippen LogP contribution in [-0.4, -0.2) is 16.9 Å². The normalized spacial score (nSPS) is 13.5. The van der Waals surface area contributed by atoms with Gasteiger partial charge in [0.05, 0.1) is 0 Å². The van der Waals surface area contributed by atoms with Crippen molar-refractivity contribution in [2.45, 2.75) is 4.71 Å². The summed E-state index contributed by atoms with van der Waals surface area (Å²) in [5, 5.41) is 0. The molecule has 116 valence electrons. The Morgan fingerprint density at radius 1 is 0.455 bits per heavy atom. The molecule has 0 spiro atoms. The van der Waals surface area contributed by atoms with Gasteiger partial charge < -0.3 is 0 Å². The molecule has 1 aliphatic carbocycles. The van der Waals surface area contributed by atoms with Crippen molar-refractivity contribution in [2.75, 3.05) is 0 Å². The molecule has 0 nitrogen and oxygen atoms in total. The Kier molecular flexibility index (Phi) is 3.29. The Labute approximate surface area is 126 Å². The summed E-state index contributed by atoms with van der Waals surface area (Å²) < 4.78 is 107. The van der Waals surface area contributed by atoms with Gasteiger partial charge in [-0.25, -0.2) is 0 Å². The molecule has 2 aromatic carbocycles. The minimum absolute atomic E-state index is 0.462. The molecule has 1 atom stereocenters. The van der Waals surface area contributed by atoms with Crippen molar-refractivity contribution in [1.29, 1.82) is 0 Å². The van der Waals surface area contributed by atoms with Crippen molar-refractivity contribution >= 4 is 16.9 Å². The molecule has 0 amide bonds. The van der Waals surface area contributed by atoms with Gasteiger partial charge in [-0.15, -0.1) is 0 Å². The van der Waals surface area contributed by atoms with Crippen molar-refractivity contribution in [3.05, 3.63) is 57.7 Å². The van der Waals surface area contributed by atoms with Crippen LogP contribution in [0.4, 0.5) is 35.1 Å². The van der Waals surface area contributed by atoms with E-state index in [1.165, 1.54) is 0 Å². The van der Waals surface area contributed by atoms with Gasteiger partial charge in [0.25, 0.3) is 0 Å². The Morgan fingerprint density at radius 2 is 0.727 bits per heavy atom. The molecule has 0 radical (unpaired) electrons. The SMILES string of the molecule is Fc1c(F)c(F)c2c(c1F)-c1c(F)c(F)c(F)c(F)c1C2[AsH2]. The molecule has 9 heteroatoms. The molecule has 0 saturated carbocycles. The monoisotopic (exact) mass is 386 g/mol. The fourth-order valence-corrected chi connectivity index (χ4v) is 3.83. The van der Waals surface area contributed by atoms with E-state index in [-0.39, 0.29) is 0 Å². The minimum atomic E-state index is -2.24. The summed E-state index contributed by atoms with van der Waals surface area (Å²) in [5.41, 5.74) is -3.99. The zero-order chi connectivity index (χ0) is 16.5. The van der Waals surface area contributed by atoms with Crippen LogP contribution in [0.15, 0.2) is 0 Å². The summed E-state index contributed by atoms with van der Waals surface area (Å²) in [7, 11) is 0. The molecule has 0 saturated heterocycles. The third kappa shape index (κ3) is 1.64. The molecule has 0 aromatic heterocycles. The third-order valence-electron chi connectivity index (χ3n) is 3.48. The first-order chi connectivity index (χ1) is 10.2. The first kappa shape index (κ1) is 15.3. The standard InChI is InChI=1S/C13H3AsF8/c14-5-3-1(6(15)10(19)12(21)8(3)17)2-4(5)9(18)13(22)11(20)7(2)16/h5H,14H2. The number of halogens is 8. The fraction of sp³-hybridized carbons (Fsp3) is 0.0769. The Hall–Kier alpha value is -1.56. The van der Waals surface area contributed by atoms with E-state index in [4.69, 9.17) is 0 Å². The second kappa shape index (κ2) is 4.71. The van der Waals surface area contributed by atoms with Crippen LogP contribution in [0.2, 0.25) is 0 Å². The summed E-state index contributed by atoms with van der Waals surface area (Å²) in [6.45, 7) is 0. The van der Waals surface area contributed by atoms with Crippen LogP contribution in [0.1, 0.15) is 15.8 Å². The second-order valence-corrected chi connectivity index (χ2v) is 5.97. The summed E-state index contributed by atoms with van der Waals surface area (Å²) in [5.74, 6) is -16.5. The molecular formula is C13H3AsF8. The van der Waals surface area contributed by atoms with E-state index in [0.717, 1.165) is 0 Å². The van der Waals surface area contributed by atoms with Crippen LogP contribution in [0, 0.1) is 46.5 Å². The Morgan fingerprint density at radius 3 is 1.05 bits per heavy atom. The number of rotatable bonds is 0. The number of hydrogen-bond donors (Lipinski definition) is 0. The molecule has 2 aromatic rings. The Bertz CT molecular complexity index is 776. The van der Waals surface area contributed by atoms with Gasteiger partial charge in [0, 0.05) is 0 Å². The predicted molar refractivity (Wildman–Crippen MR) is 61.9 cm³/mol. The average Bonchev–Trinajstić information content (AvgIpc) is 2.80. The van der Waals surface area contributed by atoms with Crippen LogP contribution in [0.5, 0.6) is 0 Å². The zero-order valence-corrected chi connectivity index (χ0v) is 12.6. The van der Waals surface area contributed by atoms with Crippen molar-refractivity contribution in [3.63, 3.8) is 0 Å². The molecule has 1 unspecified atom stereocenters. The summed E-state index contributed by atoms with van der Waals surface area (Å²) >= 11 is 0.462. The van der Waals surface area contributed by atoms with Crippen LogP contribution in [0.3, 0.4) is 0 Å². The van der Waals surface area contributed by atoms with Crippen molar-refractivity contribution in [1.82, 2.24) is 0 Å². The van der Waals surface area contributed by atoms with E-state index in [1.807, 2.05) is 0 Å². The topological polar surface area (TPSA) is 0 Å². The molecule has 0 fully saturated rings. The van der Waals surface area contributed by atoms with Crippen LogP contribution in [-0.2, 0) is 0 Å². The third-order valence-corrected chi connectivity index (χ3v) is 4.88. The Balaban J connectivity index is 2.56. The molecule has 0 N–H and O–H groups in total. The van der Waals surface area contributed by atoms with Gasteiger partial charge in [0.2, 0.25) is 0 Å². The van der Waals surface area contributed by atoms with Crippen LogP contribution in [0.25, 0.3) is 11.1 Å². The van der Waals surface area contributed by atoms with Gasteiger partial charge in [0.1, 0.15) is 0 Å². The second-order valence-electron chi connectivity index (χ2n) is 4.57. The van der Waals surface area contributed by atoms with Crippen molar-refractivity contribution < 1.29 is 35.1 Å². The van der Waals surface area contributed by atoms with E-state index in [9.17, 15) is 35.1 Å². The summed E-state index contributed by atoms with van der Waals surface area (Å²) in [4.78, 5) is 0. The molecule has 3 rings (SSSR count). The molecular weight excluding hydrogens is 383 g/mol. The van der Waals surface area contributed by atoms with Gasteiger partial charge >= 0.3 is 125 Å². The first-order valence-corrected chi connectivity index (χ1v) is 7.07. The maximum atomic E-state index is 13.9. The maximum absolute atomic E-state index is 13.9. The molecule has 0 bridgehead atoms. The summed E-state index contributed by atoms with van der Waals surface area (Å²) in [6, 6.07) is 0.